The third-order valence-electron chi connectivity index (χ3n) is 5.70. The molecule has 1 rings (SSSR count). The van der Waals surface area contributed by atoms with Gasteiger partial charge in [-0.2, -0.15) is 119 Å². The molecule has 0 aliphatic heterocycles. The summed E-state index contributed by atoms with van der Waals surface area (Å²) in [4.78, 5) is -3.92. The van der Waals surface area contributed by atoms with E-state index in [2.05, 4.69) is 0 Å². The van der Waals surface area contributed by atoms with Crippen molar-refractivity contribution in [3.63, 3.8) is 0 Å². The first kappa shape index (κ1) is 41.4. The molecule has 46 heavy (non-hydrogen) atoms. The van der Waals surface area contributed by atoms with Crippen LogP contribution in [0.2, 0.25) is 0 Å². The first-order valence-electron chi connectivity index (χ1n) is 10.4. The fraction of sp³-hybridized carbons (Fsp3) is 0.684. The first-order chi connectivity index (χ1) is 19.7. The van der Waals surface area contributed by atoms with Crippen LogP contribution in [0.25, 0.3) is 0 Å². The first-order valence-corrected chi connectivity index (χ1v) is 10.4. The van der Waals surface area contributed by atoms with Gasteiger partial charge in [0, 0.05) is 6.54 Å². The van der Waals surface area contributed by atoms with Gasteiger partial charge in [0.2, 0.25) is 0 Å². The second-order valence-corrected chi connectivity index (χ2v) is 8.74. The Morgan fingerprint density at radius 1 is 0.326 bits per heavy atom. The third-order valence-corrected chi connectivity index (χ3v) is 5.70. The lowest BCUT2D eigenvalue weighted by molar-refractivity contribution is -0.488. The van der Waals surface area contributed by atoms with Crippen LogP contribution in [-0.2, 0) is 6.54 Å². The van der Waals surface area contributed by atoms with E-state index in [9.17, 15) is 114 Å². The SMILES string of the molecule is FC(F)(F)C(F)(F)C(F)(F)C(F)(F)C(F)(F)C(F)(F)N(Cc1ccccc1)C(F)(F)C(F)(F)C(F)(F)C(F)(F)C(F)(F)C(F)(F)F. The summed E-state index contributed by atoms with van der Waals surface area (Å²) in [5.74, 6) is -71.2. The number of rotatable bonds is 12. The zero-order valence-corrected chi connectivity index (χ0v) is 20.4. The van der Waals surface area contributed by atoms with Crippen LogP contribution in [-0.4, -0.2) is 76.7 Å². The summed E-state index contributed by atoms with van der Waals surface area (Å²) in [6, 6.07) is -16.0. The Kier molecular flexibility index (Phi) is 9.85. The molecular formula is C19H7F26N. The molecule has 0 aliphatic carbocycles. The van der Waals surface area contributed by atoms with Gasteiger partial charge in [-0.25, -0.2) is 0 Å². The summed E-state index contributed by atoms with van der Waals surface area (Å²) < 4.78 is 351. The minimum absolute atomic E-state index is 0.0372. The van der Waals surface area contributed by atoms with Crippen molar-refractivity contribution in [3.05, 3.63) is 35.9 Å². The highest BCUT2D eigenvalue weighted by Gasteiger charge is 2.95. The Labute approximate surface area is 234 Å². The van der Waals surface area contributed by atoms with E-state index in [4.69, 9.17) is 0 Å². The Morgan fingerprint density at radius 2 is 0.565 bits per heavy atom. The van der Waals surface area contributed by atoms with Gasteiger partial charge < -0.3 is 0 Å². The van der Waals surface area contributed by atoms with Crippen LogP contribution < -0.4 is 0 Å². The second-order valence-electron chi connectivity index (χ2n) is 8.74. The van der Waals surface area contributed by atoms with Gasteiger partial charge in [-0.1, -0.05) is 30.3 Å². The van der Waals surface area contributed by atoms with Crippen molar-refractivity contribution in [1.29, 1.82) is 0 Å². The van der Waals surface area contributed by atoms with Crippen molar-refractivity contribution in [3.8, 4) is 0 Å². The van der Waals surface area contributed by atoms with E-state index in [-0.39, 0.29) is 12.1 Å². The Morgan fingerprint density at radius 3 is 0.804 bits per heavy atom. The topological polar surface area (TPSA) is 3.24 Å². The van der Waals surface area contributed by atoms with Crippen LogP contribution in [0.5, 0.6) is 0 Å². The molecule has 0 heterocycles. The van der Waals surface area contributed by atoms with Gasteiger partial charge in [-0.05, 0) is 5.56 Å². The summed E-state index contributed by atoms with van der Waals surface area (Å²) in [6.45, 7) is -3.53. The smallest absolute Gasteiger partial charge is 0.192 e. The number of benzene rings is 1. The third kappa shape index (κ3) is 5.43. The minimum Gasteiger partial charge on any atom is -0.192 e. The second kappa shape index (κ2) is 10.9. The summed E-state index contributed by atoms with van der Waals surface area (Å²) in [6.07, 6.45) is -16.2. The summed E-state index contributed by atoms with van der Waals surface area (Å²) in [7, 11) is 0. The lowest BCUT2D eigenvalue weighted by Gasteiger charge is -2.47. The number of halogens is 26. The molecule has 0 unspecified atom stereocenters. The van der Waals surface area contributed by atoms with Crippen molar-refractivity contribution in [2.75, 3.05) is 0 Å². The van der Waals surface area contributed by atoms with Gasteiger partial charge in [0.05, 0.1) is 0 Å². The van der Waals surface area contributed by atoms with Crippen molar-refractivity contribution < 1.29 is 114 Å². The molecule has 0 aromatic heterocycles. The van der Waals surface area contributed by atoms with Gasteiger partial charge in [-0.15, -0.1) is 0 Å². The standard InChI is InChI=1S/C19H7F26N/c20-8(21,12(28,29)16(36,37)38)10(24,25)14(32,33)18(42,43)46(6-7-4-2-1-3-5-7)19(44,45)15(34,35)11(26,27)9(22,23)13(30,31)17(39,40)41/h1-5H,6H2. The monoisotopic (exact) mass is 743 g/mol. The lowest BCUT2D eigenvalue weighted by Crippen LogP contribution is -2.77. The summed E-state index contributed by atoms with van der Waals surface area (Å²) in [5, 5.41) is 0. The highest BCUT2D eigenvalue weighted by atomic mass is 19.4. The molecule has 0 spiro atoms. The molecule has 0 atom stereocenters. The predicted molar refractivity (Wildman–Crippen MR) is 93.6 cm³/mol. The van der Waals surface area contributed by atoms with E-state index in [0.29, 0.717) is 18.2 Å². The molecule has 0 saturated heterocycles. The fourth-order valence-electron chi connectivity index (χ4n) is 3.00. The number of alkyl halides is 26. The Hall–Kier alpha value is -2.64. The summed E-state index contributed by atoms with van der Waals surface area (Å²) >= 11 is 0. The average molecular weight is 743 g/mol. The van der Waals surface area contributed by atoms with Gasteiger partial charge in [0.25, 0.3) is 0 Å². The number of hydrogen-bond donors (Lipinski definition) is 0. The van der Waals surface area contributed by atoms with Gasteiger partial charge in [0.15, 0.2) is 0 Å². The molecule has 270 valence electrons. The van der Waals surface area contributed by atoms with Crippen LogP contribution in [0.1, 0.15) is 5.56 Å². The van der Waals surface area contributed by atoms with Gasteiger partial charge in [-0.3, -0.25) is 0 Å². The molecule has 0 fully saturated rings. The quantitative estimate of drug-likeness (QED) is 0.152. The van der Waals surface area contributed by atoms with Gasteiger partial charge in [0.1, 0.15) is 0 Å². The minimum atomic E-state index is -9.08. The predicted octanol–water partition coefficient (Wildman–Crippen LogP) is 9.88. The molecule has 27 heteroatoms. The van der Waals surface area contributed by atoms with E-state index in [1.165, 1.54) is 0 Å². The molecule has 0 bridgehead atoms. The van der Waals surface area contributed by atoms with Gasteiger partial charge >= 0.3 is 71.8 Å². The van der Waals surface area contributed by atoms with E-state index in [1.807, 2.05) is 0 Å². The van der Waals surface area contributed by atoms with E-state index in [1.54, 1.807) is 0 Å². The van der Waals surface area contributed by atoms with Crippen molar-refractivity contribution in [2.24, 2.45) is 0 Å². The molecule has 0 saturated carbocycles. The number of hydrogen-bond acceptors (Lipinski definition) is 1. The molecule has 1 nitrogen and oxygen atoms in total. The van der Waals surface area contributed by atoms with E-state index >= 15 is 0 Å². The van der Waals surface area contributed by atoms with Crippen molar-refractivity contribution in [2.45, 2.75) is 78.4 Å². The molecule has 0 amide bonds. The van der Waals surface area contributed by atoms with Crippen molar-refractivity contribution in [1.82, 2.24) is 4.90 Å². The Bertz CT molecular complexity index is 1130. The Balaban J connectivity index is 4.17. The molecule has 0 radical (unpaired) electrons. The zero-order valence-electron chi connectivity index (χ0n) is 20.4. The highest BCUT2D eigenvalue weighted by Crippen LogP contribution is 2.65. The summed E-state index contributed by atoms with van der Waals surface area (Å²) in [5.41, 5.74) is -1.76. The maximum Gasteiger partial charge on any atom is 0.460 e. The maximum atomic E-state index is 14.7. The van der Waals surface area contributed by atoms with Crippen LogP contribution >= 0.6 is 0 Å². The van der Waals surface area contributed by atoms with Crippen LogP contribution in [0.4, 0.5) is 114 Å². The number of nitrogens with zero attached hydrogens (tertiary/aromatic N) is 1. The van der Waals surface area contributed by atoms with Crippen LogP contribution in [0.15, 0.2) is 30.3 Å². The fourth-order valence-corrected chi connectivity index (χ4v) is 3.00. The normalized spacial score (nSPS) is 16.3. The molecule has 0 N–H and O–H groups in total. The average Bonchev–Trinajstić information content (AvgIpc) is 2.85. The zero-order chi connectivity index (χ0) is 37.4. The van der Waals surface area contributed by atoms with Crippen molar-refractivity contribution >= 4 is 0 Å². The van der Waals surface area contributed by atoms with E-state index < -0.39 is 88.8 Å². The molecule has 1 aromatic carbocycles. The maximum absolute atomic E-state index is 14.7. The van der Waals surface area contributed by atoms with E-state index in [0.717, 1.165) is 0 Å². The lowest BCUT2D eigenvalue weighted by atomic mass is 9.93. The highest BCUT2D eigenvalue weighted by molar-refractivity contribution is 5.18. The molecule has 0 aliphatic rings. The molecule has 1 aromatic rings. The van der Waals surface area contributed by atoms with Crippen LogP contribution in [0, 0.1) is 0 Å². The largest absolute Gasteiger partial charge is 0.460 e. The van der Waals surface area contributed by atoms with Crippen LogP contribution in [0.3, 0.4) is 0 Å². The molecular weight excluding hydrogens is 736 g/mol.